The molecule has 0 aliphatic carbocycles. The van der Waals surface area contributed by atoms with E-state index in [1.807, 2.05) is 6.92 Å². The van der Waals surface area contributed by atoms with Crippen LogP contribution in [0.2, 0.25) is 15.1 Å². The zero-order valence-electron chi connectivity index (χ0n) is 21.6. The third-order valence-electron chi connectivity index (χ3n) is 5.90. The molecule has 1 fully saturated rings. The van der Waals surface area contributed by atoms with Crippen molar-refractivity contribution in [3.63, 3.8) is 0 Å². The molecule has 5 rings (SSSR count). The summed E-state index contributed by atoms with van der Waals surface area (Å²) in [6.45, 7) is 2.16. The first kappa shape index (κ1) is 29.0. The second-order valence-electron chi connectivity index (χ2n) is 8.74. The highest BCUT2D eigenvalue weighted by molar-refractivity contribution is 8.19. The first-order chi connectivity index (χ1) is 19.8. The van der Waals surface area contributed by atoms with Crippen LogP contribution in [0.1, 0.15) is 18.1 Å². The maximum atomic E-state index is 14.1. The Labute approximate surface area is 256 Å². The molecule has 0 N–H and O–H groups in total. The lowest BCUT2D eigenvalue weighted by atomic mass is 10.1. The highest BCUT2D eigenvalue weighted by Gasteiger charge is 2.35. The Morgan fingerprint density at radius 2 is 1.61 bits per heavy atom. The van der Waals surface area contributed by atoms with Crippen molar-refractivity contribution in [1.82, 2.24) is 0 Å². The van der Waals surface area contributed by atoms with Gasteiger partial charge in [-0.2, -0.15) is 0 Å². The quantitative estimate of drug-likeness (QED) is 0.183. The zero-order valence-corrected chi connectivity index (χ0v) is 24.7. The summed E-state index contributed by atoms with van der Waals surface area (Å²) in [5.41, 5.74) is 2.27. The van der Waals surface area contributed by atoms with Crippen molar-refractivity contribution >= 4 is 75.1 Å². The van der Waals surface area contributed by atoms with Crippen LogP contribution < -0.4 is 14.4 Å². The van der Waals surface area contributed by atoms with Gasteiger partial charge in [-0.3, -0.25) is 9.69 Å². The molecule has 1 aliphatic rings. The molecule has 0 radical (unpaired) electrons. The summed E-state index contributed by atoms with van der Waals surface area (Å²) in [5.74, 6) is 0.0281. The minimum absolute atomic E-state index is 0.0260. The van der Waals surface area contributed by atoms with Gasteiger partial charge in [-0.25, -0.2) is 9.38 Å². The predicted molar refractivity (Wildman–Crippen MR) is 166 cm³/mol. The zero-order chi connectivity index (χ0) is 28.9. The second-order valence-corrected chi connectivity index (χ2v) is 11.0. The van der Waals surface area contributed by atoms with Gasteiger partial charge in [0.2, 0.25) is 0 Å². The van der Waals surface area contributed by atoms with E-state index in [9.17, 15) is 9.18 Å². The Morgan fingerprint density at radius 3 is 2.29 bits per heavy atom. The van der Waals surface area contributed by atoms with Gasteiger partial charge in [-0.15, -0.1) is 0 Å². The van der Waals surface area contributed by atoms with Crippen molar-refractivity contribution in [1.29, 1.82) is 0 Å². The summed E-state index contributed by atoms with van der Waals surface area (Å²) in [6.07, 6.45) is 1.72. The third kappa shape index (κ3) is 6.88. The number of hydrogen-bond donors (Lipinski definition) is 0. The van der Waals surface area contributed by atoms with Gasteiger partial charge in [0.05, 0.1) is 27.9 Å². The minimum atomic E-state index is -0.374. The molecule has 0 spiro atoms. The second kappa shape index (κ2) is 13.0. The normalized spacial score (nSPS) is 15.1. The van der Waals surface area contributed by atoms with Gasteiger partial charge >= 0.3 is 0 Å². The van der Waals surface area contributed by atoms with Gasteiger partial charge in [0.15, 0.2) is 16.7 Å². The lowest BCUT2D eigenvalue weighted by Gasteiger charge is -2.16. The summed E-state index contributed by atoms with van der Waals surface area (Å²) in [7, 11) is 0. The number of benzene rings is 4. The molecular formula is C31H22Cl3FN2O3S. The van der Waals surface area contributed by atoms with Gasteiger partial charge in [-0.1, -0.05) is 53.0 Å². The number of nitrogens with zero attached hydrogens (tertiary/aromatic N) is 2. The molecule has 1 amide bonds. The van der Waals surface area contributed by atoms with E-state index < -0.39 is 0 Å². The summed E-state index contributed by atoms with van der Waals surface area (Å²) in [6, 6.07) is 23.7. The molecule has 10 heteroatoms. The van der Waals surface area contributed by atoms with E-state index in [2.05, 4.69) is 0 Å². The molecule has 0 bridgehead atoms. The minimum Gasteiger partial charge on any atom is -0.490 e. The molecule has 41 heavy (non-hydrogen) atoms. The predicted octanol–water partition coefficient (Wildman–Crippen LogP) is 9.57. The Bertz CT molecular complexity index is 1640. The lowest BCUT2D eigenvalue weighted by molar-refractivity contribution is -0.113. The molecule has 0 unspecified atom stereocenters. The highest BCUT2D eigenvalue weighted by atomic mass is 35.5. The van der Waals surface area contributed by atoms with Crippen LogP contribution in [0.25, 0.3) is 6.08 Å². The van der Waals surface area contributed by atoms with Crippen molar-refractivity contribution in [2.75, 3.05) is 11.5 Å². The Hall–Kier alpha value is -3.49. The molecule has 1 aliphatic heterocycles. The SMILES string of the molecule is CCOc1cc(/C=C2\SC(=Nc3ccc(Cl)cc3)N(c3ccc(Cl)cc3)C2=O)cc(Cl)c1OCc1ccccc1F. The molecule has 0 atom stereocenters. The van der Waals surface area contributed by atoms with Gasteiger partial charge in [0, 0.05) is 15.6 Å². The summed E-state index contributed by atoms with van der Waals surface area (Å²) in [5, 5.41) is 1.86. The van der Waals surface area contributed by atoms with Gasteiger partial charge in [-0.05, 0) is 97.1 Å². The van der Waals surface area contributed by atoms with Crippen LogP contribution in [0.5, 0.6) is 11.5 Å². The van der Waals surface area contributed by atoms with E-state index in [0.29, 0.717) is 55.0 Å². The van der Waals surface area contributed by atoms with E-state index >= 15 is 0 Å². The fourth-order valence-corrected chi connectivity index (χ4v) is 5.51. The van der Waals surface area contributed by atoms with Crippen LogP contribution >= 0.6 is 46.6 Å². The topological polar surface area (TPSA) is 51.1 Å². The Morgan fingerprint density at radius 1 is 0.927 bits per heavy atom. The maximum Gasteiger partial charge on any atom is 0.271 e. The Balaban J connectivity index is 1.49. The van der Waals surface area contributed by atoms with Crippen LogP contribution in [0.15, 0.2) is 94.8 Å². The van der Waals surface area contributed by atoms with Crippen molar-refractivity contribution in [2.45, 2.75) is 13.5 Å². The first-order valence-electron chi connectivity index (χ1n) is 12.5. The number of ether oxygens (including phenoxy) is 2. The number of thioether (sulfide) groups is 1. The van der Waals surface area contributed by atoms with E-state index in [-0.39, 0.29) is 29.1 Å². The van der Waals surface area contributed by atoms with Crippen molar-refractivity contribution in [3.8, 4) is 11.5 Å². The third-order valence-corrected chi connectivity index (χ3v) is 7.66. The number of aliphatic imine (C=N–C) groups is 1. The standard InChI is InChI=1S/C31H22Cl3FN2O3S/c1-2-39-27-16-19(15-25(34)29(27)40-18-20-5-3-4-6-26(20)35)17-28-30(38)37(24-13-9-22(33)10-14-24)31(41-28)36-23-11-7-21(32)8-12-23/h3-17H,2,18H2,1H3/b28-17-,36-31?. The van der Waals surface area contributed by atoms with Crippen LogP contribution in [0.4, 0.5) is 15.8 Å². The number of halogens is 4. The average Bonchev–Trinajstić information content (AvgIpc) is 3.25. The molecule has 5 nitrogen and oxygen atoms in total. The van der Waals surface area contributed by atoms with E-state index in [1.165, 1.54) is 22.7 Å². The molecule has 4 aromatic carbocycles. The molecular weight excluding hydrogens is 606 g/mol. The number of anilines is 1. The number of amides is 1. The highest BCUT2D eigenvalue weighted by Crippen LogP contribution is 2.41. The molecule has 1 heterocycles. The van der Waals surface area contributed by atoms with Crippen molar-refractivity contribution in [2.24, 2.45) is 4.99 Å². The molecule has 0 aromatic heterocycles. The lowest BCUT2D eigenvalue weighted by Crippen LogP contribution is -2.28. The molecule has 0 saturated carbocycles. The summed E-state index contributed by atoms with van der Waals surface area (Å²) >= 11 is 20.0. The fourth-order valence-electron chi connectivity index (χ4n) is 3.98. The average molecular weight is 628 g/mol. The largest absolute Gasteiger partial charge is 0.490 e. The Kier molecular flexibility index (Phi) is 9.20. The summed E-state index contributed by atoms with van der Waals surface area (Å²) < 4.78 is 25.8. The van der Waals surface area contributed by atoms with E-state index in [4.69, 9.17) is 49.3 Å². The number of carbonyl (C=O) groups is 1. The number of amidine groups is 1. The van der Waals surface area contributed by atoms with Crippen LogP contribution in [-0.2, 0) is 11.4 Å². The smallest absolute Gasteiger partial charge is 0.271 e. The van der Waals surface area contributed by atoms with Gasteiger partial charge < -0.3 is 9.47 Å². The summed E-state index contributed by atoms with van der Waals surface area (Å²) in [4.78, 5) is 20.3. The molecule has 208 valence electrons. The van der Waals surface area contributed by atoms with Crippen molar-refractivity contribution in [3.05, 3.63) is 122 Å². The van der Waals surface area contributed by atoms with Gasteiger partial charge in [0.1, 0.15) is 12.4 Å². The number of hydrogen-bond acceptors (Lipinski definition) is 5. The van der Waals surface area contributed by atoms with Crippen LogP contribution in [0, 0.1) is 5.82 Å². The molecule has 1 saturated heterocycles. The van der Waals surface area contributed by atoms with E-state index in [1.54, 1.807) is 84.9 Å². The maximum absolute atomic E-state index is 14.1. The first-order valence-corrected chi connectivity index (χ1v) is 14.4. The molecule has 4 aromatic rings. The van der Waals surface area contributed by atoms with Crippen LogP contribution in [-0.4, -0.2) is 17.7 Å². The van der Waals surface area contributed by atoms with Crippen LogP contribution in [0.3, 0.4) is 0 Å². The number of rotatable bonds is 8. The van der Waals surface area contributed by atoms with Gasteiger partial charge in [0.25, 0.3) is 5.91 Å². The monoisotopic (exact) mass is 626 g/mol. The number of carbonyl (C=O) groups excluding carboxylic acids is 1. The van der Waals surface area contributed by atoms with E-state index in [0.717, 1.165) is 0 Å². The fraction of sp³-hybridized carbons (Fsp3) is 0.0968. The van der Waals surface area contributed by atoms with Crippen molar-refractivity contribution < 1.29 is 18.7 Å².